The molecule has 2 amide bonds. The number of fused-ring (bicyclic) bond motifs is 5. The van der Waals surface area contributed by atoms with Crippen LogP contribution in [0, 0.1) is 25.7 Å². The van der Waals surface area contributed by atoms with Crippen LogP contribution >= 0.6 is 0 Å². The van der Waals surface area contributed by atoms with Crippen molar-refractivity contribution >= 4 is 34.4 Å². The number of allylic oxidation sites excluding steroid dienone is 2. The van der Waals surface area contributed by atoms with Gasteiger partial charge in [0.1, 0.15) is 11.5 Å². The summed E-state index contributed by atoms with van der Waals surface area (Å²) in [6.45, 7) is 3.90. The van der Waals surface area contributed by atoms with Crippen LogP contribution in [0.3, 0.4) is 0 Å². The number of carbonyl (C=O) groups is 3. The maximum Gasteiger partial charge on any atom is 0.239 e. The molecular formula is C43H35NO5. The lowest BCUT2D eigenvalue weighted by Gasteiger charge is -2.39. The largest absolute Gasteiger partial charge is 0.497 e. The molecule has 8 rings (SSSR count). The number of ketones is 1. The summed E-state index contributed by atoms with van der Waals surface area (Å²) in [4.78, 5) is 47.9. The number of nitrogens with zero attached hydrogens (tertiary/aromatic N) is 1. The molecule has 6 nitrogen and oxygen atoms in total. The number of carbonyl (C=O) groups excluding carboxylic acids is 3. The van der Waals surface area contributed by atoms with Gasteiger partial charge in [-0.05, 0) is 83.1 Å². The highest BCUT2D eigenvalue weighted by Crippen LogP contribution is 2.74. The summed E-state index contributed by atoms with van der Waals surface area (Å²) in [5.74, 6) is -1.53. The minimum Gasteiger partial charge on any atom is -0.497 e. The third kappa shape index (κ3) is 3.97. The molecule has 1 aliphatic heterocycles. The first-order valence-corrected chi connectivity index (χ1v) is 16.4. The number of imide groups is 1. The Hall–Kier alpha value is -5.75. The van der Waals surface area contributed by atoms with Crippen molar-refractivity contribution in [3.63, 3.8) is 0 Å². The van der Waals surface area contributed by atoms with Gasteiger partial charge in [-0.25, -0.2) is 4.90 Å². The third-order valence-corrected chi connectivity index (χ3v) is 10.8. The molecular weight excluding hydrogens is 610 g/mol. The van der Waals surface area contributed by atoms with Crippen LogP contribution in [0.15, 0.2) is 127 Å². The Morgan fingerprint density at radius 1 is 0.551 bits per heavy atom. The number of methoxy groups -OCH3 is 2. The van der Waals surface area contributed by atoms with Crippen molar-refractivity contribution < 1.29 is 23.9 Å². The van der Waals surface area contributed by atoms with E-state index in [4.69, 9.17) is 9.47 Å². The van der Waals surface area contributed by atoms with Crippen LogP contribution in [0.25, 0.3) is 11.1 Å². The smallest absolute Gasteiger partial charge is 0.239 e. The van der Waals surface area contributed by atoms with E-state index in [1.54, 1.807) is 14.2 Å². The van der Waals surface area contributed by atoms with Gasteiger partial charge in [0.25, 0.3) is 0 Å². The molecule has 0 radical (unpaired) electrons. The van der Waals surface area contributed by atoms with Crippen molar-refractivity contribution in [1.82, 2.24) is 0 Å². The predicted octanol–water partition coefficient (Wildman–Crippen LogP) is 7.51. The van der Waals surface area contributed by atoms with Gasteiger partial charge in [0, 0.05) is 0 Å². The Bertz CT molecular complexity index is 2040. The molecule has 49 heavy (non-hydrogen) atoms. The van der Waals surface area contributed by atoms with E-state index in [9.17, 15) is 0 Å². The minimum absolute atomic E-state index is 0.161. The van der Waals surface area contributed by atoms with Gasteiger partial charge in [-0.1, -0.05) is 103 Å². The molecule has 0 spiro atoms. The molecule has 2 aliphatic carbocycles. The topological polar surface area (TPSA) is 72.9 Å². The summed E-state index contributed by atoms with van der Waals surface area (Å²) in [6.07, 6.45) is 0. The lowest BCUT2D eigenvalue weighted by atomic mass is 9.59. The maximum atomic E-state index is 16.1. The number of rotatable bonds is 7. The van der Waals surface area contributed by atoms with E-state index in [0.717, 1.165) is 33.4 Å². The van der Waals surface area contributed by atoms with Crippen molar-refractivity contribution in [3.05, 3.63) is 161 Å². The molecule has 4 atom stereocenters. The zero-order valence-corrected chi connectivity index (χ0v) is 27.8. The second-order valence-electron chi connectivity index (χ2n) is 13.1. The second kappa shape index (κ2) is 11.2. The first kappa shape index (κ1) is 30.6. The number of anilines is 1. The molecule has 2 bridgehead atoms. The van der Waals surface area contributed by atoms with E-state index < -0.39 is 22.7 Å². The molecule has 6 heteroatoms. The number of amides is 2. The summed E-state index contributed by atoms with van der Waals surface area (Å²) in [6, 6.07) is 40.1. The molecule has 2 fully saturated rings. The van der Waals surface area contributed by atoms with E-state index in [1.165, 1.54) is 4.90 Å². The fourth-order valence-electron chi connectivity index (χ4n) is 8.93. The van der Waals surface area contributed by atoms with Crippen LogP contribution in [-0.4, -0.2) is 31.8 Å². The SMILES string of the molecule is COc1ccc(C2=C(c3ccc(OC)cc3)[C@@]3(c4ccccc4)C(=O)[C@@]2(c2ccccc2)[C@@H]2C(=O)N(c4ccc(C)cc4C)C(=O)[C@H]23)cc1. The van der Waals surface area contributed by atoms with Crippen molar-refractivity contribution in [3.8, 4) is 11.5 Å². The van der Waals surface area contributed by atoms with Crippen molar-refractivity contribution in [2.45, 2.75) is 24.7 Å². The summed E-state index contributed by atoms with van der Waals surface area (Å²) in [7, 11) is 3.23. The molecule has 1 heterocycles. The minimum atomic E-state index is -1.48. The highest BCUT2D eigenvalue weighted by Gasteiger charge is 2.82. The van der Waals surface area contributed by atoms with Crippen LogP contribution < -0.4 is 14.4 Å². The number of aryl methyl sites for hydroxylation is 2. The molecule has 0 aromatic heterocycles. The van der Waals surface area contributed by atoms with Crippen molar-refractivity contribution in [1.29, 1.82) is 0 Å². The summed E-state index contributed by atoms with van der Waals surface area (Å²) < 4.78 is 11.1. The van der Waals surface area contributed by atoms with Gasteiger partial charge in [0.05, 0.1) is 42.6 Å². The Morgan fingerprint density at radius 3 is 1.37 bits per heavy atom. The van der Waals surface area contributed by atoms with Gasteiger partial charge in [-0.3, -0.25) is 14.4 Å². The molecule has 242 valence electrons. The molecule has 1 saturated heterocycles. The fourth-order valence-corrected chi connectivity index (χ4v) is 8.93. The zero-order valence-electron chi connectivity index (χ0n) is 27.8. The average Bonchev–Trinajstić information content (AvgIpc) is 3.64. The van der Waals surface area contributed by atoms with E-state index >= 15 is 14.4 Å². The van der Waals surface area contributed by atoms with Crippen molar-refractivity contribution in [2.75, 3.05) is 19.1 Å². The maximum absolute atomic E-state index is 16.1. The zero-order chi connectivity index (χ0) is 34.1. The van der Waals surface area contributed by atoms with E-state index in [1.807, 2.05) is 141 Å². The molecule has 1 saturated carbocycles. The normalized spacial score (nSPS) is 24.1. The number of benzene rings is 5. The highest BCUT2D eigenvalue weighted by atomic mass is 16.5. The van der Waals surface area contributed by atoms with Gasteiger partial charge in [-0.15, -0.1) is 0 Å². The highest BCUT2D eigenvalue weighted by molar-refractivity contribution is 6.39. The molecule has 0 unspecified atom stereocenters. The predicted molar refractivity (Wildman–Crippen MR) is 189 cm³/mol. The Labute approximate surface area is 285 Å². The second-order valence-corrected chi connectivity index (χ2v) is 13.1. The summed E-state index contributed by atoms with van der Waals surface area (Å²) in [5.41, 5.74) is 3.83. The number of ether oxygens (including phenoxy) is 2. The summed E-state index contributed by atoms with van der Waals surface area (Å²) in [5, 5.41) is 0. The molecule has 3 aliphatic rings. The Balaban J connectivity index is 1.54. The van der Waals surface area contributed by atoms with Crippen LogP contribution in [0.5, 0.6) is 11.5 Å². The lowest BCUT2D eigenvalue weighted by molar-refractivity contribution is -0.130. The summed E-state index contributed by atoms with van der Waals surface area (Å²) >= 11 is 0. The fraction of sp³-hybridized carbons (Fsp3) is 0.186. The van der Waals surface area contributed by atoms with Crippen LogP contribution in [-0.2, 0) is 25.2 Å². The standard InChI is InChI=1S/C43H35NO5/c1-26-15-24-34(27(2)25-26)44-39(45)37-38(40(44)46)43(31-13-9-6-10-14-31)36(29-18-22-33(49-4)23-19-29)35(28-16-20-32(48-3)21-17-28)42(37,41(43)47)30-11-7-5-8-12-30/h5-25,37-38H,1-4H3/t37-,38-,42+,43+/m0/s1. The quantitative estimate of drug-likeness (QED) is 0.171. The van der Waals surface area contributed by atoms with Gasteiger partial charge < -0.3 is 9.47 Å². The van der Waals surface area contributed by atoms with E-state index in [0.29, 0.717) is 28.3 Å². The molecule has 5 aromatic carbocycles. The Kier molecular flexibility index (Phi) is 6.97. The van der Waals surface area contributed by atoms with Crippen molar-refractivity contribution in [2.24, 2.45) is 11.8 Å². The molecule has 5 aromatic rings. The number of hydrogen-bond acceptors (Lipinski definition) is 5. The van der Waals surface area contributed by atoms with E-state index in [-0.39, 0.29) is 17.6 Å². The first-order chi connectivity index (χ1) is 23.8. The van der Waals surface area contributed by atoms with Gasteiger partial charge in [0.15, 0.2) is 5.78 Å². The van der Waals surface area contributed by atoms with Crippen LogP contribution in [0.1, 0.15) is 33.4 Å². The van der Waals surface area contributed by atoms with Crippen LogP contribution in [0.4, 0.5) is 5.69 Å². The molecule has 0 N–H and O–H groups in total. The number of hydrogen-bond donors (Lipinski definition) is 0. The van der Waals surface area contributed by atoms with Crippen LogP contribution in [0.2, 0.25) is 0 Å². The third-order valence-electron chi connectivity index (χ3n) is 10.8. The van der Waals surface area contributed by atoms with E-state index in [2.05, 4.69) is 0 Å². The first-order valence-electron chi connectivity index (χ1n) is 16.4. The number of Topliss-reactive ketones (excluding diaryl/α,β-unsaturated/α-hetero) is 1. The Morgan fingerprint density at radius 2 is 0.980 bits per heavy atom. The van der Waals surface area contributed by atoms with Gasteiger partial charge in [-0.2, -0.15) is 0 Å². The average molecular weight is 646 g/mol. The monoisotopic (exact) mass is 645 g/mol. The lowest BCUT2D eigenvalue weighted by Crippen LogP contribution is -2.45. The van der Waals surface area contributed by atoms with Gasteiger partial charge >= 0.3 is 0 Å². The van der Waals surface area contributed by atoms with Gasteiger partial charge in [0.2, 0.25) is 11.8 Å².